The van der Waals surface area contributed by atoms with Crippen LogP contribution in [-0.4, -0.2) is 30.1 Å². The Bertz CT molecular complexity index is 589. The van der Waals surface area contributed by atoms with Gasteiger partial charge in [-0.1, -0.05) is 15.9 Å². The van der Waals surface area contributed by atoms with Crippen LogP contribution < -0.4 is 16.4 Å². The van der Waals surface area contributed by atoms with Gasteiger partial charge in [-0.05, 0) is 39.0 Å². The van der Waals surface area contributed by atoms with Gasteiger partial charge in [-0.25, -0.2) is 9.59 Å². The number of urea groups is 1. The monoisotopic (exact) mass is 371 g/mol. The van der Waals surface area contributed by atoms with Crippen LogP contribution in [0.15, 0.2) is 22.7 Å². The van der Waals surface area contributed by atoms with Gasteiger partial charge >= 0.3 is 12.0 Å². The highest BCUT2D eigenvalue weighted by molar-refractivity contribution is 9.10. The van der Waals surface area contributed by atoms with Gasteiger partial charge < -0.3 is 15.8 Å². The van der Waals surface area contributed by atoms with Crippen molar-refractivity contribution in [2.75, 3.05) is 5.73 Å². The summed E-state index contributed by atoms with van der Waals surface area (Å²) in [6.07, 6.45) is -1.14. The van der Waals surface area contributed by atoms with Gasteiger partial charge in [0, 0.05) is 16.2 Å². The average Bonchev–Trinajstić information content (AvgIpc) is 2.40. The molecule has 1 rings (SSSR count). The molecule has 0 bridgehead atoms. The number of esters is 1. The predicted octanol–water partition coefficient (Wildman–Crippen LogP) is 1.81. The molecule has 0 spiro atoms. The summed E-state index contributed by atoms with van der Waals surface area (Å²) in [5.74, 6) is -1.47. The average molecular weight is 372 g/mol. The summed E-state index contributed by atoms with van der Waals surface area (Å²) >= 11 is 3.22. The summed E-state index contributed by atoms with van der Waals surface area (Å²) in [6.45, 7) is 4.87. The Hall–Kier alpha value is -2.09. The minimum atomic E-state index is -1.14. The number of carbonyl (C=O) groups is 3. The molecule has 1 aromatic carbocycles. The normalized spacial score (nSPS) is 11.7. The zero-order chi connectivity index (χ0) is 16.9. The number of benzene rings is 1. The molecule has 120 valence electrons. The molecule has 0 radical (unpaired) electrons. The molecule has 0 aliphatic carbocycles. The number of nitrogens with one attached hydrogen (secondary N) is 2. The van der Waals surface area contributed by atoms with Crippen molar-refractivity contribution in [3.05, 3.63) is 28.2 Å². The zero-order valence-corrected chi connectivity index (χ0v) is 14.1. The SMILES string of the molecule is CC(C)NC(=O)NC(=O)[C@H](C)OC(=O)c1cc(Br)ccc1N. The van der Waals surface area contributed by atoms with E-state index in [0.717, 1.165) is 0 Å². The van der Waals surface area contributed by atoms with Crippen LogP contribution in [0.25, 0.3) is 0 Å². The van der Waals surface area contributed by atoms with Crippen LogP contribution >= 0.6 is 15.9 Å². The topological polar surface area (TPSA) is 111 Å². The first kappa shape index (κ1) is 18.0. The highest BCUT2D eigenvalue weighted by Crippen LogP contribution is 2.19. The highest BCUT2D eigenvalue weighted by atomic mass is 79.9. The number of hydrogen-bond acceptors (Lipinski definition) is 5. The number of nitrogen functional groups attached to an aromatic ring is 1. The van der Waals surface area contributed by atoms with E-state index in [0.29, 0.717) is 4.47 Å². The van der Waals surface area contributed by atoms with Gasteiger partial charge in [0.1, 0.15) is 0 Å². The molecule has 22 heavy (non-hydrogen) atoms. The van der Waals surface area contributed by atoms with Gasteiger partial charge in [-0.15, -0.1) is 0 Å². The first-order valence-electron chi connectivity index (χ1n) is 6.58. The van der Waals surface area contributed by atoms with E-state index < -0.39 is 24.0 Å². The minimum absolute atomic E-state index is 0.118. The third kappa shape index (κ3) is 5.36. The standard InChI is InChI=1S/C14H18BrN3O4/c1-7(2)17-14(21)18-12(19)8(3)22-13(20)10-6-9(15)4-5-11(10)16/h4-8H,16H2,1-3H3,(H2,17,18,19,21)/t8-/m0/s1. The first-order valence-corrected chi connectivity index (χ1v) is 7.37. The molecular formula is C14H18BrN3O4. The zero-order valence-electron chi connectivity index (χ0n) is 12.5. The third-order valence-corrected chi connectivity index (χ3v) is 3.04. The van der Waals surface area contributed by atoms with Crippen LogP contribution in [-0.2, 0) is 9.53 Å². The van der Waals surface area contributed by atoms with Crippen molar-refractivity contribution in [1.82, 2.24) is 10.6 Å². The molecule has 8 heteroatoms. The second-order valence-electron chi connectivity index (χ2n) is 4.90. The smallest absolute Gasteiger partial charge is 0.341 e. The Kier molecular flexibility index (Phi) is 6.36. The fourth-order valence-electron chi connectivity index (χ4n) is 1.49. The Morgan fingerprint density at radius 1 is 1.23 bits per heavy atom. The van der Waals surface area contributed by atoms with E-state index in [4.69, 9.17) is 10.5 Å². The number of hydrogen-bond donors (Lipinski definition) is 3. The molecule has 0 aliphatic heterocycles. The number of halogens is 1. The molecule has 1 aromatic rings. The molecule has 0 aliphatic rings. The molecule has 4 N–H and O–H groups in total. The van der Waals surface area contributed by atoms with Crippen molar-refractivity contribution >= 4 is 39.5 Å². The van der Waals surface area contributed by atoms with Crippen LogP contribution in [0, 0.1) is 0 Å². The first-order chi connectivity index (χ1) is 10.2. The molecule has 1 atom stereocenters. The molecule has 3 amide bonds. The molecule has 0 fully saturated rings. The lowest BCUT2D eigenvalue weighted by Crippen LogP contribution is -2.46. The molecule has 7 nitrogen and oxygen atoms in total. The Labute approximate surface area is 136 Å². The lowest BCUT2D eigenvalue weighted by Gasteiger charge is -2.15. The maximum atomic E-state index is 12.0. The van der Waals surface area contributed by atoms with Crippen molar-refractivity contribution < 1.29 is 19.1 Å². The number of nitrogens with two attached hydrogens (primary N) is 1. The van der Waals surface area contributed by atoms with E-state index in [9.17, 15) is 14.4 Å². The summed E-state index contributed by atoms with van der Waals surface area (Å²) in [6, 6.07) is 3.95. The molecule has 0 saturated carbocycles. The van der Waals surface area contributed by atoms with Crippen LogP contribution in [0.1, 0.15) is 31.1 Å². The fraction of sp³-hybridized carbons (Fsp3) is 0.357. The van der Waals surface area contributed by atoms with Crippen LogP contribution in [0.5, 0.6) is 0 Å². The molecule has 0 aromatic heterocycles. The summed E-state index contributed by atoms with van der Waals surface area (Å²) < 4.78 is 5.66. The van der Waals surface area contributed by atoms with Gasteiger partial charge in [-0.2, -0.15) is 0 Å². The second kappa shape index (κ2) is 7.79. The van der Waals surface area contributed by atoms with Crippen LogP contribution in [0.4, 0.5) is 10.5 Å². The lowest BCUT2D eigenvalue weighted by molar-refractivity contribution is -0.127. The molecule has 0 saturated heterocycles. The predicted molar refractivity (Wildman–Crippen MR) is 85.2 cm³/mol. The molecular weight excluding hydrogens is 354 g/mol. The van der Waals surface area contributed by atoms with E-state index in [2.05, 4.69) is 26.6 Å². The highest BCUT2D eigenvalue weighted by Gasteiger charge is 2.22. The van der Waals surface area contributed by atoms with E-state index in [1.54, 1.807) is 26.0 Å². The summed E-state index contributed by atoms with van der Waals surface area (Å²) in [5.41, 5.74) is 6.07. The number of rotatable bonds is 4. The van der Waals surface area contributed by atoms with Gasteiger partial charge in [0.25, 0.3) is 5.91 Å². The lowest BCUT2D eigenvalue weighted by atomic mass is 10.2. The van der Waals surface area contributed by atoms with Gasteiger partial charge in [-0.3, -0.25) is 10.1 Å². The number of ether oxygens (including phenoxy) is 1. The van der Waals surface area contributed by atoms with Crippen LogP contribution in [0.3, 0.4) is 0 Å². The Morgan fingerprint density at radius 3 is 2.45 bits per heavy atom. The second-order valence-corrected chi connectivity index (χ2v) is 5.81. The Balaban J connectivity index is 2.65. The van der Waals surface area contributed by atoms with Crippen molar-refractivity contribution in [1.29, 1.82) is 0 Å². The number of carbonyl (C=O) groups excluding carboxylic acids is 3. The van der Waals surface area contributed by atoms with E-state index in [-0.39, 0.29) is 17.3 Å². The van der Waals surface area contributed by atoms with Gasteiger partial charge in [0.15, 0.2) is 6.10 Å². The summed E-state index contributed by atoms with van der Waals surface area (Å²) in [5, 5.41) is 4.58. The van der Waals surface area contributed by atoms with Crippen molar-refractivity contribution in [2.45, 2.75) is 32.9 Å². The van der Waals surface area contributed by atoms with Crippen molar-refractivity contribution in [2.24, 2.45) is 0 Å². The largest absolute Gasteiger partial charge is 0.449 e. The van der Waals surface area contributed by atoms with Crippen LogP contribution in [0.2, 0.25) is 0 Å². The molecule has 0 unspecified atom stereocenters. The number of anilines is 1. The number of amides is 3. The van der Waals surface area contributed by atoms with Gasteiger partial charge in [0.2, 0.25) is 0 Å². The minimum Gasteiger partial charge on any atom is -0.449 e. The van der Waals surface area contributed by atoms with Crippen molar-refractivity contribution in [3.63, 3.8) is 0 Å². The van der Waals surface area contributed by atoms with E-state index in [1.807, 2.05) is 0 Å². The maximum absolute atomic E-state index is 12.0. The number of imide groups is 1. The fourth-order valence-corrected chi connectivity index (χ4v) is 1.86. The Morgan fingerprint density at radius 2 is 1.86 bits per heavy atom. The summed E-state index contributed by atoms with van der Waals surface area (Å²) in [7, 11) is 0. The molecule has 0 heterocycles. The van der Waals surface area contributed by atoms with Gasteiger partial charge in [0.05, 0.1) is 5.56 Å². The van der Waals surface area contributed by atoms with E-state index >= 15 is 0 Å². The third-order valence-electron chi connectivity index (χ3n) is 2.54. The maximum Gasteiger partial charge on any atom is 0.341 e. The summed E-state index contributed by atoms with van der Waals surface area (Å²) in [4.78, 5) is 35.2. The van der Waals surface area contributed by atoms with E-state index in [1.165, 1.54) is 13.0 Å². The quantitative estimate of drug-likeness (QED) is 0.552. The van der Waals surface area contributed by atoms with Crippen molar-refractivity contribution in [3.8, 4) is 0 Å².